The summed E-state index contributed by atoms with van der Waals surface area (Å²) in [5.74, 6) is -0.184. The smallest absolute Gasteiger partial charge is 0.272 e. The molecule has 1 aromatic carbocycles. The number of aromatic nitrogens is 2. The largest absolute Gasteiger partial charge is 0.348 e. The molecule has 7 nitrogen and oxygen atoms in total. The molecule has 0 spiro atoms. The van der Waals surface area contributed by atoms with E-state index in [0.717, 1.165) is 24.1 Å². The molecule has 4 rings (SSSR count). The number of rotatable bonds is 5. The van der Waals surface area contributed by atoms with Crippen molar-refractivity contribution in [2.24, 2.45) is 0 Å². The number of aryl methyl sites for hydroxylation is 1. The molecule has 1 amide bonds. The molecule has 2 aromatic rings. The van der Waals surface area contributed by atoms with Crippen molar-refractivity contribution in [3.63, 3.8) is 0 Å². The fraction of sp³-hybridized carbons (Fsp3) is 0.368. The van der Waals surface area contributed by atoms with Crippen molar-refractivity contribution in [3.8, 4) is 0 Å². The van der Waals surface area contributed by atoms with E-state index in [1.165, 1.54) is 9.71 Å². The summed E-state index contributed by atoms with van der Waals surface area (Å²) in [7, 11) is -3.56. The second-order valence-electron chi connectivity index (χ2n) is 6.94. The van der Waals surface area contributed by atoms with Crippen LogP contribution in [-0.4, -0.2) is 41.0 Å². The van der Waals surface area contributed by atoms with Gasteiger partial charge in [-0.1, -0.05) is 30.3 Å². The van der Waals surface area contributed by atoms with Crippen LogP contribution in [0.25, 0.3) is 6.08 Å². The summed E-state index contributed by atoms with van der Waals surface area (Å²) < 4.78 is 28.7. The molecule has 1 saturated carbocycles. The van der Waals surface area contributed by atoms with Crippen LogP contribution in [0.4, 0.5) is 0 Å². The summed E-state index contributed by atoms with van der Waals surface area (Å²) in [6, 6.07) is 11.3. The molecule has 0 atom stereocenters. The number of nitrogens with zero attached hydrogens (tertiary/aromatic N) is 3. The van der Waals surface area contributed by atoms with Gasteiger partial charge in [-0.05, 0) is 37.0 Å². The molecule has 1 aromatic heterocycles. The first kappa shape index (κ1) is 17.9. The van der Waals surface area contributed by atoms with Crippen LogP contribution in [0.1, 0.15) is 41.0 Å². The number of hydrogen-bond donors (Lipinski definition) is 1. The molecular weight excluding hydrogens is 364 g/mol. The summed E-state index contributed by atoms with van der Waals surface area (Å²) in [6.45, 7) is 1.24. The van der Waals surface area contributed by atoms with Crippen molar-refractivity contribution >= 4 is 22.0 Å². The lowest BCUT2D eigenvalue weighted by atomic mass is 10.2. The average Bonchev–Trinajstić information content (AvgIpc) is 3.42. The van der Waals surface area contributed by atoms with Crippen molar-refractivity contribution in [3.05, 3.63) is 58.8 Å². The predicted octanol–water partition coefficient (Wildman–Crippen LogP) is 1.98. The molecule has 0 unspecified atom stereocenters. The second kappa shape index (κ2) is 7.28. The Morgan fingerprint density at radius 3 is 2.70 bits per heavy atom. The fourth-order valence-electron chi connectivity index (χ4n) is 3.06. The van der Waals surface area contributed by atoms with Gasteiger partial charge in [-0.2, -0.15) is 9.40 Å². The first-order valence-corrected chi connectivity index (χ1v) is 10.6. The Morgan fingerprint density at radius 1 is 1.19 bits per heavy atom. The van der Waals surface area contributed by atoms with E-state index >= 15 is 0 Å². The van der Waals surface area contributed by atoms with Gasteiger partial charge in [0.15, 0.2) is 5.69 Å². The predicted molar refractivity (Wildman–Crippen MR) is 102 cm³/mol. The molecule has 8 heteroatoms. The van der Waals surface area contributed by atoms with Gasteiger partial charge in [0.2, 0.25) is 10.0 Å². The first-order valence-electron chi connectivity index (χ1n) is 9.12. The number of nitrogens with one attached hydrogen (secondary N) is 1. The third-order valence-corrected chi connectivity index (χ3v) is 6.23. The molecule has 142 valence electrons. The normalized spacial score (nSPS) is 18.2. The monoisotopic (exact) mass is 386 g/mol. The maximum absolute atomic E-state index is 12.7. The summed E-state index contributed by atoms with van der Waals surface area (Å²) in [5.41, 5.74) is 1.93. The maximum Gasteiger partial charge on any atom is 0.272 e. The topological polar surface area (TPSA) is 84.3 Å². The fourth-order valence-corrected chi connectivity index (χ4v) is 4.26. The number of sulfonamides is 1. The standard InChI is InChI=1S/C19H22N4O3S/c24-19(20-16-7-8-16)18-13-17-14-22(10-4-11-23(17)21-18)27(25,26)12-9-15-5-2-1-3-6-15/h1-3,5-6,9,12-13,16H,4,7-8,10-11,14H2,(H,20,24)/b12-9+. The van der Waals surface area contributed by atoms with Crippen molar-refractivity contribution < 1.29 is 13.2 Å². The van der Waals surface area contributed by atoms with Gasteiger partial charge in [0, 0.05) is 24.5 Å². The summed E-state index contributed by atoms with van der Waals surface area (Å²) in [5, 5.41) is 8.53. The van der Waals surface area contributed by atoms with Gasteiger partial charge >= 0.3 is 0 Å². The van der Waals surface area contributed by atoms with E-state index in [9.17, 15) is 13.2 Å². The van der Waals surface area contributed by atoms with E-state index in [1.807, 2.05) is 30.3 Å². The van der Waals surface area contributed by atoms with Gasteiger partial charge in [0.1, 0.15) is 0 Å². The number of hydrogen-bond acceptors (Lipinski definition) is 4. The minimum absolute atomic E-state index is 0.184. The maximum atomic E-state index is 12.7. The van der Waals surface area contributed by atoms with Crippen LogP contribution >= 0.6 is 0 Å². The minimum Gasteiger partial charge on any atom is -0.348 e. The highest BCUT2D eigenvalue weighted by Gasteiger charge is 2.28. The first-order chi connectivity index (χ1) is 13.0. The van der Waals surface area contributed by atoms with Crippen molar-refractivity contribution in [2.45, 2.75) is 38.4 Å². The summed E-state index contributed by atoms with van der Waals surface area (Å²) in [6.07, 6.45) is 4.28. The third-order valence-electron chi connectivity index (χ3n) is 4.72. The quantitative estimate of drug-likeness (QED) is 0.852. The van der Waals surface area contributed by atoms with Crippen molar-refractivity contribution in [2.75, 3.05) is 6.54 Å². The zero-order valence-electron chi connectivity index (χ0n) is 14.9. The highest BCUT2D eigenvalue weighted by molar-refractivity contribution is 7.92. The molecule has 0 radical (unpaired) electrons. The zero-order chi connectivity index (χ0) is 18.9. The van der Waals surface area contributed by atoms with Gasteiger partial charge in [-0.15, -0.1) is 0 Å². The molecule has 0 saturated heterocycles. The minimum atomic E-state index is -3.56. The van der Waals surface area contributed by atoms with E-state index in [4.69, 9.17) is 0 Å². The van der Waals surface area contributed by atoms with E-state index in [0.29, 0.717) is 25.2 Å². The molecule has 2 aliphatic rings. The Labute approximate surface area is 158 Å². The Hall–Kier alpha value is -2.45. The van der Waals surface area contributed by atoms with Crippen LogP contribution in [0.3, 0.4) is 0 Å². The van der Waals surface area contributed by atoms with Gasteiger partial charge in [0.25, 0.3) is 5.91 Å². The van der Waals surface area contributed by atoms with E-state index in [2.05, 4.69) is 10.4 Å². The number of benzene rings is 1. The summed E-state index contributed by atoms with van der Waals surface area (Å²) >= 11 is 0. The molecular formula is C19H22N4O3S. The van der Waals surface area contributed by atoms with Crippen LogP contribution in [0, 0.1) is 0 Å². The number of fused-ring (bicyclic) bond motifs is 1. The lowest BCUT2D eigenvalue weighted by Crippen LogP contribution is -2.29. The highest BCUT2D eigenvalue weighted by atomic mass is 32.2. The Morgan fingerprint density at radius 2 is 1.96 bits per heavy atom. The zero-order valence-corrected chi connectivity index (χ0v) is 15.7. The van der Waals surface area contributed by atoms with Gasteiger partial charge in [-0.3, -0.25) is 9.48 Å². The van der Waals surface area contributed by atoms with Crippen LogP contribution in [-0.2, 0) is 23.1 Å². The molecule has 1 N–H and O–H groups in total. The number of carbonyl (C=O) groups excluding carboxylic acids is 1. The van der Waals surface area contributed by atoms with Crippen LogP contribution in [0.2, 0.25) is 0 Å². The Bertz CT molecular complexity index is 962. The average molecular weight is 386 g/mol. The summed E-state index contributed by atoms with van der Waals surface area (Å²) in [4.78, 5) is 12.2. The number of amides is 1. The van der Waals surface area contributed by atoms with Gasteiger partial charge < -0.3 is 5.32 Å². The molecule has 1 aliphatic heterocycles. The van der Waals surface area contributed by atoms with Gasteiger partial charge in [-0.25, -0.2) is 8.42 Å². The lowest BCUT2D eigenvalue weighted by Gasteiger charge is -2.17. The Kier molecular flexibility index (Phi) is 4.84. The van der Waals surface area contributed by atoms with Crippen LogP contribution in [0.5, 0.6) is 0 Å². The lowest BCUT2D eigenvalue weighted by molar-refractivity contribution is 0.0945. The van der Waals surface area contributed by atoms with Crippen molar-refractivity contribution in [1.29, 1.82) is 0 Å². The van der Waals surface area contributed by atoms with E-state index in [-0.39, 0.29) is 18.5 Å². The van der Waals surface area contributed by atoms with Crippen LogP contribution in [0.15, 0.2) is 41.8 Å². The molecule has 27 heavy (non-hydrogen) atoms. The highest BCUT2D eigenvalue weighted by Crippen LogP contribution is 2.21. The van der Waals surface area contributed by atoms with Gasteiger partial charge in [0.05, 0.1) is 12.2 Å². The van der Waals surface area contributed by atoms with Crippen LogP contribution < -0.4 is 5.32 Å². The molecule has 1 aliphatic carbocycles. The molecule has 1 fully saturated rings. The second-order valence-corrected chi connectivity index (χ2v) is 8.76. The van der Waals surface area contributed by atoms with E-state index in [1.54, 1.807) is 16.8 Å². The van der Waals surface area contributed by atoms with E-state index < -0.39 is 10.0 Å². The molecule has 2 heterocycles. The Balaban J connectivity index is 1.51. The van der Waals surface area contributed by atoms with Crippen molar-refractivity contribution in [1.82, 2.24) is 19.4 Å². The SMILES string of the molecule is O=C(NC1CC1)c1cc2n(n1)CCCN(S(=O)(=O)/C=C/c1ccccc1)C2. The third kappa shape index (κ3) is 4.28. The molecule has 0 bridgehead atoms. The number of carbonyl (C=O) groups is 1.